The number of aryl methyl sites for hydroxylation is 1. The summed E-state index contributed by atoms with van der Waals surface area (Å²) in [7, 11) is 1.36. The Morgan fingerprint density at radius 3 is 2.58 bits per heavy atom. The van der Waals surface area contributed by atoms with Crippen LogP contribution in [0, 0.1) is 6.92 Å². The molecule has 138 valence electrons. The summed E-state index contributed by atoms with van der Waals surface area (Å²) in [6.07, 6.45) is 0. The molecule has 2 aromatic rings. The van der Waals surface area contributed by atoms with E-state index in [0.29, 0.717) is 17.2 Å². The van der Waals surface area contributed by atoms with E-state index in [2.05, 4.69) is 53.6 Å². The molecule has 0 saturated carbocycles. The van der Waals surface area contributed by atoms with Gasteiger partial charge in [0.05, 0.1) is 12.7 Å². The van der Waals surface area contributed by atoms with Crippen LogP contribution in [0.4, 0.5) is 11.4 Å². The van der Waals surface area contributed by atoms with E-state index in [9.17, 15) is 4.79 Å². The molecular weight excluding hydrogens is 346 g/mol. The van der Waals surface area contributed by atoms with Crippen LogP contribution in [0.1, 0.15) is 22.8 Å². The standard InChI is InChI=1S/C20H25N3O2S/c1-4-23(18-10-8-15(2)9-11-18)13-12-21-20(26)22-17-7-5-6-16(14-17)19(24)25-3/h5-11,14H,4,12-13H2,1-3H3,(H2,21,22,26). The van der Waals surface area contributed by atoms with Gasteiger partial charge in [-0.3, -0.25) is 0 Å². The molecule has 0 radical (unpaired) electrons. The smallest absolute Gasteiger partial charge is 0.337 e. The van der Waals surface area contributed by atoms with Crippen molar-refractivity contribution in [2.45, 2.75) is 13.8 Å². The Morgan fingerprint density at radius 1 is 1.19 bits per heavy atom. The number of methoxy groups -OCH3 is 1. The topological polar surface area (TPSA) is 53.6 Å². The van der Waals surface area contributed by atoms with Gasteiger partial charge in [-0.15, -0.1) is 0 Å². The summed E-state index contributed by atoms with van der Waals surface area (Å²) in [6, 6.07) is 15.6. The van der Waals surface area contributed by atoms with Crippen LogP contribution in [0.25, 0.3) is 0 Å². The third-order valence-corrected chi connectivity index (χ3v) is 4.24. The van der Waals surface area contributed by atoms with E-state index in [1.807, 2.05) is 6.07 Å². The van der Waals surface area contributed by atoms with Crippen LogP contribution in [0.5, 0.6) is 0 Å². The third kappa shape index (κ3) is 5.74. The van der Waals surface area contributed by atoms with Crippen molar-refractivity contribution in [1.29, 1.82) is 0 Å². The molecule has 0 spiro atoms. The van der Waals surface area contributed by atoms with Crippen molar-refractivity contribution < 1.29 is 9.53 Å². The van der Waals surface area contributed by atoms with E-state index in [1.165, 1.54) is 18.4 Å². The number of carbonyl (C=O) groups excluding carboxylic acids is 1. The predicted molar refractivity (Wildman–Crippen MR) is 111 cm³/mol. The SMILES string of the molecule is CCN(CCNC(=S)Nc1cccc(C(=O)OC)c1)c1ccc(C)cc1. The number of nitrogens with zero attached hydrogens (tertiary/aromatic N) is 1. The molecule has 0 aliphatic carbocycles. The summed E-state index contributed by atoms with van der Waals surface area (Å²) < 4.78 is 4.73. The number of likely N-dealkylation sites (N-methyl/N-ethyl adjacent to an activating group) is 1. The van der Waals surface area contributed by atoms with Crippen LogP contribution in [0.3, 0.4) is 0 Å². The van der Waals surface area contributed by atoms with E-state index < -0.39 is 0 Å². The molecule has 5 nitrogen and oxygen atoms in total. The highest BCUT2D eigenvalue weighted by molar-refractivity contribution is 7.80. The summed E-state index contributed by atoms with van der Waals surface area (Å²) >= 11 is 5.34. The van der Waals surface area contributed by atoms with Crippen molar-refractivity contribution in [3.8, 4) is 0 Å². The van der Waals surface area contributed by atoms with Crippen LogP contribution in [0.15, 0.2) is 48.5 Å². The maximum Gasteiger partial charge on any atom is 0.337 e. The molecule has 0 bridgehead atoms. The van der Waals surface area contributed by atoms with Gasteiger partial charge in [0, 0.05) is 31.0 Å². The number of hydrogen-bond donors (Lipinski definition) is 2. The highest BCUT2D eigenvalue weighted by atomic mass is 32.1. The summed E-state index contributed by atoms with van der Waals surface area (Å²) in [5, 5.41) is 6.82. The van der Waals surface area contributed by atoms with E-state index in [-0.39, 0.29) is 5.97 Å². The van der Waals surface area contributed by atoms with Gasteiger partial charge < -0.3 is 20.3 Å². The Kier molecular flexibility index (Phi) is 7.41. The molecule has 0 atom stereocenters. The molecule has 2 N–H and O–H groups in total. The third-order valence-electron chi connectivity index (χ3n) is 3.99. The quantitative estimate of drug-likeness (QED) is 0.573. The molecule has 26 heavy (non-hydrogen) atoms. The molecule has 2 aromatic carbocycles. The normalized spacial score (nSPS) is 10.1. The first-order chi connectivity index (χ1) is 12.5. The van der Waals surface area contributed by atoms with Gasteiger partial charge >= 0.3 is 5.97 Å². The number of esters is 1. The monoisotopic (exact) mass is 371 g/mol. The highest BCUT2D eigenvalue weighted by Crippen LogP contribution is 2.14. The molecule has 0 aromatic heterocycles. The number of ether oxygens (including phenoxy) is 1. The Labute approximate surface area is 160 Å². The van der Waals surface area contributed by atoms with Crippen LogP contribution < -0.4 is 15.5 Å². The molecule has 6 heteroatoms. The van der Waals surface area contributed by atoms with Crippen molar-refractivity contribution >= 4 is 34.7 Å². The number of rotatable bonds is 7. The fourth-order valence-corrected chi connectivity index (χ4v) is 2.77. The van der Waals surface area contributed by atoms with Crippen LogP contribution >= 0.6 is 12.2 Å². The van der Waals surface area contributed by atoms with E-state index in [4.69, 9.17) is 17.0 Å². The summed E-state index contributed by atoms with van der Waals surface area (Å²) in [5.41, 5.74) is 3.68. The Balaban J connectivity index is 1.84. The molecule has 2 rings (SSSR count). The van der Waals surface area contributed by atoms with Gasteiger partial charge in [0.15, 0.2) is 5.11 Å². The van der Waals surface area contributed by atoms with Crippen LogP contribution in [0.2, 0.25) is 0 Å². The van der Waals surface area contributed by atoms with Gasteiger partial charge in [-0.2, -0.15) is 0 Å². The largest absolute Gasteiger partial charge is 0.465 e. The van der Waals surface area contributed by atoms with Gasteiger partial charge in [-0.1, -0.05) is 23.8 Å². The molecule has 0 unspecified atom stereocenters. The summed E-state index contributed by atoms with van der Waals surface area (Å²) in [4.78, 5) is 13.9. The summed E-state index contributed by atoms with van der Waals surface area (Å²) in [6.45, 7) is 6.69. The number of benzene rings is 2. The second-order valence-corrected chi connectivity index (χ2v) is 6.28. The van der Waals surface area contributed by atoms with Crippen LogP contribution in [-0.2, 0) is 4.74 Å². The summed E-state index contributed by atoms with van der Waals surface area (Å²) in [5.74, 6) is -0.371. The highest BCUT2D eigenvalue weighted by Gasteiger charge is 2.07. The van der Waals surface area contributed by atoms with Crippen molar-refractivity contribution in [2.24, 2.45) is 0 Å². The maximum atomic E-state index is 11.6. The zero-order valence-corrected chi connectivity index (χ0v) is 16.2. The van der Waals surface area contributed by atoms with Crippen molar-refractivity contribution in [3.63, 3.8) is 0 Å². The number of anilines is 2. The van der Waals surface area contributed by atoms with Crippen molar-refractivity contribution in [3.05, 3.63) is 59.7 Å². The van der Waals surface area contributed by atoms with Gasteiger partial charge in [0.1, 0.15) is 0 Å². The Bertz CT molecular complexity index is 747. The lowest BCUT2D eigenvalue weighted by Gasteiger charge is -2.24. The lowest BCUT2D eigenvalue weighted by molar-refractivity contribution is 0.0601. The molecule has 0 aliphatic heterocycles. The van der Waals surface area contributed by atoms with E-state index in [0.717, 1.165) is 18.8 Å². The minimum absolute atomic E-state index is 0.371. The zero-order valence-electron chi connectivity index (χ0n) is 15.4. The number of nitrogens with one attached hydrogen (secondary N) is 2. The van der Waals surface area contributed by atoms with E-state index in [1.54, 1.807) is 18.2 Å². The molecular formula is C20H25N3O2S. The van der Waals surface area contributed by atoms with E-state index >= 15 is 0 Å². The first kappa shape index (κ1) is 19.7. The maximum absolute atomic E-state index is 11.6. The fourth-order valence-electron chi connectivity index (χ4n) is 2.55. The second-order valence-electron chi connectivity index (χ2n) is 5.87. The molecule has 0 heterocycles. The second kappa shape index (κ2) is 9.77. The first-order valence-corrected chi connectivity index (χ1v) is 8.99. The van der Waals surface area contributed by atoms with Gasteiger partial charge in [-0.05, 0) is 56.4 Å². The minimum atomic E-state index is -0.371. The van der Waals surface area contributed by atoms with Crippen molar-refractivity contribution in [2.75, 3.05) is 37.0 Å². The van der Waals surface area contributed by atoms with Crippen molar-refractivity contribution in [1.82, 2.24) is 5.32 Å². The average molecular weight is 372 g/mol. The first-order valence-electron chi connectivity index (χ1n) is 8.58. The lowest BCUT2D eigenvalue weighted by atomic mass is 10.2. The fraction of sp³-hybridized carbons (Fsp3) is 0.300. The predicted octanol–water partition coefficient (Wildman–Crippen LogP) is 3.59. The van der Waals surface area contributed by atoms with Gasteiger partial charge in [-0.25, -0.2) is 4.79 Å². The number of hydrogen-bond acceptors (Lipinski definition) is 4. The van der Waals surface area contributed by atoms with Gasteiger partial charge in [0.2, 0.25) is 0 Å². The molecule has 0 aliphatic rings. The molecule has 0 saturated heterocycles. The molecule has 0 fully saturated rings. The number of thiocarbonyl (C=S) groups is 1. The molecule has 0 amide bonds. The zero-order chi connectivity index (χ0) is 18.9. The van der Waals surface area contributed by atoms with Gasteiger partial charge in [0.25, 0.3) is 0 Å². The Hall–Kier alpha value is -2.60. The van der Waals surface area contributed by atoms with Crippen LogP contribution in [-0.4, -0.2) is 37.8 Å². The Morgan fingerprint density at radius 2 is 1.92 bits per heavy atom. The lowest BCUT2D eigenvalue weighted by Crippen LogP contribution is -2.36. The average Bonchev–Trinajstić information content (AvgIpc) is 2.65. The number of carbonyl (C=O) groups is 1. The minimum Gasteiger partial charge on any atom is -0.465 e.